The molecule has 0 spiro atoms. The number of nitrogens with one attached hydrogen (secondary N) is 1. The summed E-state index contributed by atoms with van der Waals surface area (Å²) >= 11 is 11.2. The van der Waals surface area contributed by atoms with Gasteiger partial charge in [-0.05, 0) is 25.2 Å². The molecular weight excluding hydrogens is 272 g/mol. The predicted octanol–water partition coefficient (Wildman–Crippen LogP) is 3.09. The molecule has 0 saturated carbocycles. The van der Waals surface area contributed by atoms with E-state index in [2.05, 4.69) is 15.1 Å². The summed E-state index contributed by atoms with van der Waals surface area (Å²) in [6.45, 7) is 2.37. The lowest BCUT2D eigenvalue weighted by Crippen LogP contribution is -2.00. The predicted molar refractivity (Wildman–Crippen MR) is 70.3 cm³/mol. The highest BCUT2D eigenvalue weighted by Crippen LogP contribution is 2.17. The number of rotatable bonds is 2. The number of imidazole rings is 1. The minimum Gasteiger partial charge on any atom is -0.361 e. The Labute approximate surface area is 112 Å². The van der Waals surface area contributed by atoms with Gasteiger partial charge in [-0.1, -0.05) is 16.8 Å². The zero-order valence-electron chi connectivity index (χ0n) is 9.48. The fourth-order valence-corrected chi connectivity index (χ4v) is 2.24. The maximum absolute atomic E-state index is 5.89. The lowest BCUT2D eigenvalue weighted by Gasteiger charge is -1.99. The van der Waals surface area contributed by atoms with Gasteiger partial charge in [0.05, 0.1) is 17.1 Å². The van der Waals surface area contributed by atoms with E-state index in [-0.39, 0.29) is 0 Å². The topological polar surface area (TPSA) is 59.6 Å². The second kappa shape index (κ2) is 4.22. The summed E-state index contributed by atoms with van der Waals surface area (Å²) in [5, 5.41) is 4.52. The van der Waals surface area contributed by atoms with Crippen molar-refractivity contribution in [3.8, 4) is 0 Å². The molecule has 0 radical (unpaired) electrons. The molecule has 0 amide bonds. The lowest BCUT2D eigenvalue weighted by molar-refractivity contribution is 0.389. The Hall–Kier alpha value is -1.66. The second-order valence-electron chi connectivity index (χ2n) is 3.97. The van der Waals surface area contributed by atoms with Crippen LogP contribution in [0, 0.1) is 11.7 Å². The molecule has 5 nitrogen and oxygen atoms in total. The van der Waals surface area contributed by atoms with Gasteiger partial charge in [0.2, 0.25) is 0 Å². The van der Waals surface area contributed by atoms with Crippen LogP contribution in [0.1, 0.15) is 11.5 Å². The zero-order valence-corrected chi connectivity index (χ0v) is 11.0. The Morgan fingerprint density at radius 2 is 2.33 bits per heavy atom. The average Bonchev–Trinajstić information content (AvgIpc) is 2.84. The molecule has 0 bridgehead atoms. The number of hydrogen-bond acceptors (Lipinski definition) is 4. The molecular formula is C11H9ClN4OS. The molecule has 0 aliphatic heterocycles. The third-order valence-electron chi connectivity index (χ3n) is 2.57. The number of aromatic nitrogens is 4. The molecule has 1 N–H and O–H groups in total. The molecule has 7 heteroatoms. The monoisotopic (exact) mass is 280 g/mol. The van der Waals surface area contributed by atoms with E-state index in [1.165, 1.54) is 0 Å². The molecule has 0 aliphatic rings. The number of halogens is 1. The van der Waals surface area contributed by atoms with E-state index in [1.807, 2.05) is 17.6 Å². The molecule has 18 heavy (non-hydrogen) atoms. The SMILES string of the molecule is Cc1cc(Cn2c(=S)[nH]c3cc(Cl)cnc32)no1. The van der Waals surface area contributed by atoms with Crippen LogP contribution in [0.4, 0.5) is 0 Å². The number of aromatic amines is 1. The highest BCUT2D eigenvalue weighted by atomic mass is 35.5. The highest BCUT2D eigenvalue weighted by molar-refractivity contribution is 7.71. The Balaban J connectivity index is 2.11. The molecule has 3 aromatic rings. The third-order valence-corrected chi connectivity index (χ3v) is 3.10. The van der Waals surface area contributed by atoms with E-state index in [4.69, 9.17) is 28.3 Å². The fourth-order valence-electron chi connectivity index (χ4n) is 1.82. The van der Waals surface area contributed by atoms with Gasteiger partial charge in [0, 0.05) is 12.3 Å². The number of H-pyrrole nitrogens is 1. The molecule has 0 saturated heterocycles. The number of aryl methyl sites for hydroxylation is 1. The minimum atomic E-state index is 0.519. The van der Waals surface area contributed by atoms with Gasteiger partial charge in [-0.15, -0.1) is 0 Å². The minimum absolute atomic E-state index is 0.519. The number of hydrogen-bond donors (Lipinski definition) is 1. The van der Waals surface area contributed by atoms with E-state index in [1.54, 1.807) is 12.3 Å². The van der Waals surface area contributed by atoms with Crippen LogP contribution in [0.3, 0.4) is 0 Å². The Bertz CT molecular complexity index is 773. The van der Waals surface area contributed by atoms with Crippen molar-refractivity contribution in [3.63, 3.8) is 0 Å². The van der Waals surface area contributed by atoms with Crippen LogP contribution in [-0.2, 0) is 6.54 Å². The Morgan fingerprint density at radius 1 is 1.50 bits per heavy atom. The first-order valence-corrected chi connectivity index (χ1v) is 6.08. The van der Waals surface area contributed by atoms with Gasteiger partial charge >= 0.3 is 0 Å². The van der Waals surface area contributed by atoms with Gasteiger partial charge in [-0.2, -0.15) is 0 Å². The molecule has 3 rings (SSSR count). The second-order valence-corrected chi connectivity index (χ2v) is 4.79. The summed E-state index contributed by atoms with van der Waals surface area (Å²) in [4.78, 5) is 7.35. The third kappa shape index (κ3) is 1.93. The van der Waals surface area contributed by atoms with Crippen LogP contribution < -0.4 is 0 Å². The molecule has 3 heterocycles. The van der Waals surface area contributed by atoms with Crippen molar-refractivity contribution in [2.75, 3.05) is 0 Å². The van der Waals surface area contributed by atoms with Gasteiger partial charge in [-0.25, -0.2) is 4.98 Å². The van der Waals surface area contributed by atoms with E-state index in [0.29, 0.717) is 16.3 Å². The van der Waals surface area contributed by atoms with Gasteiger partial charge in [0.25, 0.3) is 0 Å². The summed E-state index contributed by atoms with van der Waals surface area (Å²) in [5.41, 5.74) is 2.37. The first-order valence-electron chi connectivity index (χ1n) is 5.30. The smallest absolute Gasteiger partial charge is 0.179 e. The summed E-state index contributed by atoms with van der Waals surface area (Å²) in [6, 6.07) is 3.67. The number of fused-ring (bicyclic) bond motifs is 1. The number of pyridine rings is 1. The van der Waals surface area contributed by atoms with E-state index in [9.17, 15) is 0 Å². The van der Waals surface area contributed by atoms with Crippen molar-refractivity contribution >= 4 is 35.0 Å². The van der Waals surface area contributed by atoms with Gasteiger partial charge < -0.3 is 9.51 Å². The highest BCUT2D eigenvalue weighted by Gasteiger charge is 2.09. The summed E-state index contributed by atoms with van der Waals surface area (Å²) < 4.78 is 7.48. The van der Waals surface area contributed by atoms with Crippen LogP contribution in [0.5, 0.6) is 0 Å². The van der Waals surface area contributed by atoms with Crippen molar-refractivity contribution in [1.29, 1.82) is 0 Å². The largest absolute Gasteiger partial charge is 0.361 e. The summed E-state index contributed by atoms with van der Waals surface area (Å²) in [6.07, 6.45) is 1.59. The lowest BCUT2D eigenvalue weighted by atomic mass is 10.3. The summed E-state index contributed by atoms with van der Waals surface area (Å²) in [5.74, 6) is 0.771. The molecule has 0 fully saturated rings. The molecule has 3 aromatic heterocycles. The van der Waals surface area contributed by atoms with Crippen molar-refractivity contribution in [2.45, 2.75) is 13.5 Å². The zero-order chi connectivity index (χ0) is 12.7. The quantitative estimate of drug-likeness (QED) is 0.733. The maximum atomic E-state index is 5.89. The van der Waals surface area contributed by atoms with Gasteiger partial charge in [0.15, 0.2) is 10.4 Å². The van der Waals surface area contributed by atoms with Gasteiger partial charge in [0.1, 0.15) is 11.5 Å². The van der Waals surface area contributed by atoms with E-state index < -0.39 is 0 Å². The van der Waals surface area contributed by atoms with E-state index >= 15 is 0 Å². The normalized spacial score (nSPS) is 11.2. The van der Waals surface area contributed by atoms with Crippen LogP contribution in [-0.4, -0.2) is 19.7 Å². The van der Waals surface area contributed by atoms with Gasteiger partial charge in [-0.3, -0.25) is 4.57 Å². The number of nitrogens with zero attached hydrogens (tertiary/aromatic N) is 3. The molecule has 0 unspecified atom stereocenters. The molecule has 92 valence electrons. The maximum Gasteiger partial charge on any atom is 0.179 e. The first kappa shape index (κ1) is 11.4. The fraction of sp³-hybridized carbons (Fsp3) is 0.182. The standard InChI is InChI=1S/C11H9ClN4OS/c1-6-2-8(15-17-6)5-16-10-9(14-11(16)18)3-7(12)4-13-10/h2-4H,5H2,1H3,(H,14,18). The Morgan fingerprint density at radius 3 is 3.06 bits per heavy atom. The van der Waals surface area contributed by atoms with Crippen molar-refractivity contribution in [2.24, 2.45) is 0 Å². The van der Waals surface area contributed by atoms with Crippen LogP contribution >= 0.6 is 23.8 Å². The van der Waals surface area contributed by atoms with Crippen molar-refractivity contribution < 1.29 is 4.52 Å². The molecule has 0 atom stereocenters. The first-order chi connectivity index (χ1) is 8.63. The average molecular weight is 281 g/mol. The Kier molecular flexibility index (Phi) is 2.68. The summed E-state index contributed by atoms with van der Waals surface area (Å²) in [7, 11) is 0. The molecule has 0 aromatic carbocycles. The van der Waals surface area contributed by atoms with Crippen LogP contribution in [0.2, 0.25) is 5.02 Å². The van der Waals surface area contributed by atoms with E-state index in [0.717, 1.165) is 22.6 Å². The van der Waals surface area contributed by atoms with Crippen molar-refractivity contribution in [1.82, 2.24) is 19.7 Å². The van der Waals surface area contributed by atoms with Crippen molar-refractivity contribution in [3.05, 3.63) is 39.6 Å². The molecule has 0 aliphatic carbocycles. The van der Waals surface area contributed by atoms with Crippen LogP contribution in [0.25, 0.3) is 11.2 Å². The van der Waals surface area contributed by atoms with Crippen LogP contribution in [0.15, 0.2) is 22.9 Å².